The van der Waals surface area contributed by atoms with Crippen LogP contribution in [0.2, 0.25) is 0 Å². The van der Waals surface area contributed by atoms with Crippen LogP contribution in [0.5, 0.6) is 0 Å². The first-order valence-corrected chi connectivity index (χ1v) is 10.1. The third-order valence-electron chi connectivity index (χ3n) is 4.39. The van der Waals surface area contributed by atoms with Crippen molar-refractivity contribution in [3.63, 3.8) is 0 Å². The van der Waals surface area contributed by atoms with Crippen LogP contribution in [-0.4, -0.2) is 44.8 Å². The van der Waals surface area contributed by atoms with Gasteiger partial charge in [-0.15, -0.1) is 0 Å². The van der Waals surface area contributed by atoms with E-state index in [0.717, 1.165) is 29.7 Å². The van der Waals surface area contributed by atoms with Gasteiger partial charge < -0.3 is 19.7 Å². The number of halogens is 1. The molecule has 6 nitrogen and oxygen atoms in total. The van der Waals surface area contributed by atoms with Crippen LogP contribution in [0.4, 0.5) is 11.4 Å². The maximum atomic E-state index is 12.7. The minimum Gasteiger partial charge on any atom is -0.462 e. The van der Waals surface area contributed by atoms with Gasteiger partial charge in [-0.25, -0.2) is 4.79 Å². The molecule has 1 saturated heterocycles. The number of hydrogen-bond acceptors (Lipinski definition) is 5. The lowest BCUT2D eigenvalue weighted by Gasteiger charge is -2.28. The molecule has 1 aliphatic heterocycles. The topological polar surface area (TPSA) is 67.9 Å². The number of carbonyl (C=O) groups excluding carboxylic acids is 2. The van der Waals surface area contributed by atoms with Crippen molar-refractivity contribution in [1.82, 2.24) is 0 Å². The molecule has 0 atom stereocenters. The maximum absolute atomic E-state index is 12.7. The Morgan fingerprint density at radius 2 is 1.86 bits per heavy atom. The molecule has 2 aromatic rings. The van der Waals surface area contributed by atoms with Gasteiger partial charge in [0.05, 0.1) is 31.1 Å². The average molecular weight is 447 g/mol. The minimum atomic E-state index is -0.457. The van der Waals surface area contributed by atoms with E-state index < -0.39 is 5.97 Å². The maximum Gasteiger partial charge on any atom is 0.340 e. The van der Waals surface area contributed by atoms with E-state index in [1.54, 1.807) is 30.3 Å². The first-order valence-electron chi connectivity index (χ1n) is 9.29. The zero-order chi connectivity index (χ0) is 19.9. The Kier molecular flexibility index (Phi) is 7.06. The summed E-state index contributed by atoms with van der Waals surface area (Å²) in [6.07, 6.45) is 0.733. The molecule has 1 fully saturated rings. The van der Waals surface area contributed by atoms with Gasteiger partial charge in [-0.2, -0.15) is 0 Å². The highest BCUT2D eigenvalue weighted by molar-refractivity contribution is 9.10. The van der Waals surface area contributed by atoms with Gasteiger partial charge in [0.2, 0.25) is 0 Å². The zero-order valence-electron chi connectivity index (χ0n) is 15.7. The number of carbonyl (C=O) groups is 2. The Bertz CT molecular complexity index is 833. The van der Waals surface area contributed by atoms with Crippen LogP contribution in [-0.2, 0) is 9.47 Å². The van der Waals surface area contributed by atoms with Crippen molar-refractivity contribution in [2.24, 2.45) is 0 Å². The third kappa shape index (κ3) is 5.11. The van der Waals surface area contributed by atoms with Crippen molar-refractivity contribution in [2.75, 3.05) is 43.1 Å². The van der Waals surface area contributed by atoms with Gasteiger partial charge in [0.25, 0.3) is 5.91 Å². The van der Waals surface area contributed by atoms with Crippen molar-refractivity contribution in [3.05, 3.63) is 58.1 Å². The smallest absolute Gasteiger partial charge is 0.340 e. The number of benzene rings is 2. The predicted octanol–water partition coefficient (Wildman–Crippen LogP) is 4.10. The summed E-state index contributed by atoms with van der Waals surface area (Å²) < 4.78 is 11.3. The number of amides is 1. The summed E-state index contributed by atoms with van der Waals surface area (Å²) in [6.45, 7) is 5.37. The first-order chi connectivity index (χ1) is 13.6. The van der Waals surface area contributed by atoms with Crippen LogP contribution >= 0.6 is 15.9 Å². The molecule has 0 saturated carbocycles. The Balaban J connectivity index is 1.72. The molecule has 148 valence electrons. The molecule has 0 aromatic heterocycles. The molecule has 0 bridgehead atoms. The highest BCUT2D eigenvalue weighted by Gasteiger charge is 2.17. The average Bonchev–Trinajstić information content (AvgIpc) is 2.74. The molecule has 1 aliphatic rings. The lowest BCUT2D eigenvalue weighted by atomic mass is 10.1. The van der Waals surface area contributed by atoms with E-state index in [4.69, 9.17) is 9.47 Å². The van der Waals surface area contributed by atoms with Crippen LogP contribution in [0, 0.1) is 0 Å². The standard InChI is InChI=1S/C21H23BrN2O4/c1-2-11-28-21(26)18-14-16(22)5-8-19(18)23-20(25)15-3-6-17(7-4-15)24-9-12-27-13-10-24/h3-8,14H,2,9-13H2,1H3,(H,23,25). The van der Waals surface area contributed by atoms with Gasteiger partial charge >= 0.3 is 5.97 Å². The highest BCUT2D eigenvalue weighted by atomic mass is 79.9. The quantitative estimate of drug-likeness (QED) is 0.676. The van der Waals surface area contributed by atoms with Gasteiger partial charge in [-0.05, 0) is 48.9 Å². The molecule has 0 radical (unpaired) electrons. The molecule has 0 unspecified atom stereocenters. The van der Waals surface area contributed by atoms with Gasteiger partial charge in [-0.3, -0.25) is 4.79 Å². The van der Waals surface area contributed by atoms with Gasteiger partial charge in [-0.1, -0.05) is 22.9 Å². The molecule has 0 spiro atoms. The third-order valence-corrected chi connectivity index (χ3v) is 4.89. The minimum absolute atomic E-state index is 0.277. The number of nitrogens with one attached hydrogen (secondary N) is 1. The fourth-order valence-corrected chi connectivity index (χ4v) is 3.27. The van der Waals surface area contributed by atoms with Gasteiger partial charge in [0, 0.05) is 28.8 Å². The van der Waals surface area contributed by atoms with Gasteiger partial charge in [0.15, 0.2) is 0 Å². The van der Waals surface area contributed by atoms with E-state index in [2.05, 4.69) is 26.1 Å². The molecule has 28 heavy (non-hydrogen) atoms. The Morgan fingerprint density at radius 3 is 2.54 bits per heavy atom. The molecular formula is C21H23BrN2O4. The van der Waals surface area contributed by atoms with E-state index in [9.17, 15) is 9.59 Å². The number of anilines is 2. The van der Waals surface area contributed by atoms with E-state index in [1.165, 1.54) is 0 Å². The number of ether oxygens (including phenoxy) is 2. The Hall–Kier alpha value is -2.38. The lowest BCUT2D eigenvalue weighted by Crippen LogP contribution is -2.36. The van der Waals surface area contributed by atoms with E-state index in [-0.39, 0.29) is 5.91 Å². The van der Waals surface area contributed by atoms with Crippen molar-refractivity contribution in [3.8, 4) is 0 Å². The molecule has 3 rings (SSSR count). The van der Waals surface area contributed by atoms with Crippen molar-refractivity contribution < 1.29 is 19.1 Å². The summed E-state index contributed by atoms with van der Waals surface area (Å²) in [7, 11) is 0. The van der Waals surface area contributed by atoms with Crippen LogP contribution in [0.1, 0.15) is 34.1 Å². The summed E-state index contributed by atoms with van der Waals surface area (Å²) in [5.74, 6) is -0.735. The zero-order valence-corrected chi connectivity index (χ0v) is 17.3. The predicted molar refractivity (Wildman–Crippen MR) is 112 cm³/mol. The van der Waals surface area contributed by atoms with Crippen LogP contribution in [0.3, 0.4) is 0 Å². The fraction of sp³-hybridized carbons (Fsp3) is 0.333. The van der Waals surface area contributed by atoms with Crippen LogP contribution in [0.15, 0.2) is 46.9 Å². The normalized spacial score (nSPS) is 13.9. The van der Waals surface area contributed by atoms with Gasteiger partial charge in [0.1, 0.15) is 0 Å². The second kappa shape index (κ2) is 9.71. The summed E-state index contributed by atoms with van der Waals surface area (Å²) in [6, 6.07) is 12.5. The summed E-state index contributed by atoms with van der Waals surface area (Å²) >= 11 is 3.36. The van der Waals surface area contributed by atoms with Crippen molar-refractivity contribution in [2.45, 2.75) is 13.3 Å². The number of morpholine rings is 1. The molecule has 2 aromatic carbocycles. The van der Waals surface area contributed by atoms with E-state index >= 15 is 0 Å². The second-order valence-corrected chi connectivity index (χ2v) is 7.34. The SMILES string of the molecule is CCCOC(=O)c1cc(Br)ccc1NC(=O)c1ccc(N2CCOCC2)cc1. The molecule has 1 amide bonds. The number of hydrogen-bond donors (Lipinski definition) is 1. The van der Waals surface area contributed by atoms with Crippen molar-refractivity contribution >= 4 is 39.2 Å². The first kappa shape index (κ1) is 20.4. The summed E-state index contributed by atoms with van der Waals surface area (Å²) in [4.78, 5) is 27.2. The van der Waals surface area contributed by atoms with Crippen LogP contribution < -0.4 is 10.2 Å². The Morgan fingerprint density at radius 1 is 1.14 bits per heavy atom. The number of esters is 1. The van der Waals surface area contributed by atoms with Crippen LogP contribution in [0.25, 0.3) is 0 Å². The lowest BCUT2D eigenvalue weighted by molar-refractivity contribution is 0.0506. The molecule has 1 N–H and O–H groups in total. The largest absolute Gasteiger partial charge is 0.462 e. The van der Waals surface area contributed by atoms with Crippen molar-refractivity contribution in [1.29, 1.82) is 0 Å². The molecular weight excluding hydrogens is 424 g/mol. The highest BCUT2D eigenvalue weighted by Crippen LogP contribution is 2.23. The molecule has 0 aliphatic carbocycles. The molecule has 7 heteroatoms. The van der Waals surface area contributed by atoms with E-state index in [0.29, 0.717) is 36.6 Å². The summed E-state index contributed by atoms with van der Waals surface area (Å²) in [5, 5.41) is 2.82. The number of rotatable bonds is 6. The monoisotopic (exact) mass is 446 g/mol. The second-order valence-electron chi connectivity index (χ2n) is 6.43. The fourth-order valence-electron chi connectivity index (χ4n) is 2.91. The molecule has 1 heterocycles. The Labute approximate surface area is 172 Å². The number of nitrogens with zero attached hydrogens (tertiary/aromatic N) is 1. The van der Waals surface area contributed by atoms with E-state index in [1.807, 2.05) is 19.1 Å². The summed E-state index contributed by atoms with van der Waals surface area (Å²) in [5.41, 5.74) is 2.33.